The van der Waals surface area contributed by atoms with E-state index in [9.17, 15) is 9.70 Å². The number of nitrogens with zero attached hydrogens (tertiary/aromatic N) is 2. The number of hydrogen-bond donors (Lipinski definition) is 2. The van der Waals surface area contributed by atoms with Crippen molar-refractivity contribution in [3.8, 4) is 0 Å². The van der Waals surface area contributed by atoms with Crippen molar-refractivity contribution in [1.82, 2.24) is 5.01 Å². The first-order valence-electron chi connectivity index (χ1n) is 2.32. The first-order chi connectivity index (χ1) is 4.22. The lowest BCUT2D eigenvalue weighted by Crippen LogP contribution is -2.34. The number of hydrogen-bond acceptors (Lipinski definition) is 4. The molecule has 6 nitrogen and oxygen atoms in total. The van der Waals surface area contributed by atoms with Gasteiger partial charge in [-0.2, -0.15) is 5.01 Å². The minimum Gasteiger partial charge on any atom is -0.350 e. The molecule has 0 bridgehead atoms. The Balaban J connectivity index is 3.68. The Kier molecular flexibility index (Phi) is 3.29. The van der Waals surface area contributed by atoms with Gasteiger partial charge in [-0.25, -0.2) is 4.79 Å². The zero-order chi connectivity index (χ0) is 7.28. The summed E-state index contributed by atoms with van der Waals surface area (Å²) in [7, 11) is 0. The molecule has 0 rings (SSSR count). The first kappa shape index (κ1) is 7.83. The van der Waals surface area contributed by atoms with Crippen molar-refractivity contribution in [3.05, 3.63) is 4.91 Å². The lowest BCUT2D eigenvalue weighted by atomic mass is 10.6. The Bertz CT molecular complexity index is 114. The van der Waals surface area contributed by atoms with Gasteiger partial charge in [0.2, 0.25) is 0 Å². The van der Waals surface area contributed by atoms with Crippen molar-refractivity contribution in [2.45, 2.75) is 0 Å². The molecule has 0 aromatic heterocycles. The highest BCUT2D eigenvalue weighted by Gasteiger charge is 2.05. The second-order valence-electron chi connectivity index (χ2n) is 1.33. The van der Waals surface area contributed by atoms with Crippen LogP contribution in [0, 0.1) is 4.91 Å². The molecule has 9 heavy (non-hydrogen) atoms. The van der Waals surface area contributed by atoms with Crippen molar-refractivity contribution < 1.29 is 4.79 Å². The third-order valence-corrected chi connectivity index (χ3v) is 0.694. The predicted molar refractivity (Wildman–Crippen MR) is 31.1 cm³/mol. The van der Waals surface area contributed by atoms with E-state index in [1.165, 1.54) is 0 Å². The minimum absolute atomic E-state index is 0.0683. The summed E-state index contributed by atoms with van der Waals surface area (Å²) in [5.41, 5.74) is 9.67. The molecule has 0 atom stereocenters. The number of urea groups is 1. The van der Waals surface area contributed by atoms with Crippen LogP contribution in [0.5, 0.6) is 0 Å². The Labute approximate surface area is 51.7 Å². The van der Waals surface area contributed by atoms with Crippen LogP contribution < -0.4 is 11.5 Å². The second-order valence-corrected chi connectivity index (χ2v) is 1.33. The summed E-state index contributed by atoms with van der Waals surface area (Å²) in [6, 6.07) is -0.879. The molecule has 0 saturated carbocycles. The molecule has 0 unspecified atom stereocenters. The molecule has 0 aliphatic carbocycles. The van der Waals surface area contributed by atoms with Gasteiger partial charge in [0.1, 0.15) is 0 Å². The van der Waals surface area contributed by atoms with Gasteiger partial charge in [0.05, 0.1) is 11.8 Å². The number of nitroso groups, excluding NO2 is 1. The van der Waals surface area contributed by atoms with E-state index < -0.39 is 6.03 Å². The molecular formula is C3H8N4O2. The van der Waals surface area contributed by atoms with Gasteiger partial charge in [-0.15, -0.1) is 4.91 Å². The van der Waals surface area contributed by atoms with Crippen LogP contribution in [0.3, 0.4) is 0 Å². The monoisotopic (exact) mass is 132 g/mol. The molecule has 0 radical (unpaired) electrons. The smallest absolute Gasteiger partial charge is 0.337 e. The molecule has 6 heteroatoms. The van der Waals surface area contributed by atoms with Crippen LogP contribution in [0.1, 0.15) is 0 Å². The molecular weight excluding hydrogens is 124 g/mol. The van der Waals surface area contributed by atoms with Gasteiger partial charge in [0.15, 0.2) is 0 Å². The highest BCUT2D eigenvalue weighted by Crippen LogP contribution is 1.83. The first-order valence-corrected chi connectivity index (χ1v) is 2.32. The van der Waals surface area contributed by atoms with Gasteiger partial charge < -0.3 is 11.5 Å². The van der Waals surface area contributed by atoms with Gasteiger partial charge >= 0.3 is 6.03 Å². The van der Waals surface area contributed by atoms with Crippen LogP contribution in [-0.2, 0) is 0 Å². The van der Waals surface area contributed by atoms with Crippen molar-refractivity contribution in [2.24, 2.45) is 16.8 Å². The molecule has 0 aromatic rings. The summed E-state index contributed by atoms with van der Waals surface area (Å²) in [6.07, 6.45) is 0. The van der Waals surface area contributed by atoms with Gasteiger partial charge in [0.25, 0.3) is 0 Å². The van der Waals surface area contributed by atoms with Crippen molar-refractivity contribution >= 4 is 6.03 Å². The number of nitrogens with two attached hydrogens (primary N) is 2. The molecule has 0 aromatic carbocycles. The largest absolute Gasteiger partial charge is 0.350 e. The van der Waals surface area contributed by atoms with E-state index in [4.69, 9.17) is 5.73 Å². The number of primary amides is 1. The van der Waals surface area contributed by atoms with E-state index in [-0.39, 0.29) is 13.1 Å². The van der Waals surface area contributed by atoms with Crippen LogP contribution in [-0.4, -0.2) is 24.1 Å². The zero-order valence-electron chi connectivity index (χ0n) is 4.78. The summed E-state index contributed by atoms with van der Waals surface area (Å²) < 4.78 is 0. The van der Waals surface area contributed by atoms with Crippen LogP contribution in [0.2, 0.25) is 0 Å². The highest BCUT2D eigenvalue weighted by molar-refractivity contribution is 5.71. The average Bonchev–Trinajstić information content (AvgIpc) is 1.82. The van der Waals surface area contributed by atoms with Gasteiger partial charge in [0, 0.05) is 6.54 Å². The normalized spacial score (nSPS) is 8.56. The summed E-state index contributed by atoms with van der Waals surface area (Å²) in [5.74, 6) is 0. The molecule has 0 aliphatic rings. The summed E-state index contributed by atoms with van der Waals surface area (Å²) in [6.45, 7) is 0.244. The minimum atomic E-state index is -0.879. The number of carbonyl (C=O) groups excluding carboxylic acids is 1. The molecule has 0 aliphatic heterocycles. The fourth-order valence-corrected chi connectivity index (χ4v) is 0.314. The topological polar surface area (TPSA) is 102 Å². The van der Waals surface area contributed by atoms with E-state index in [0.717, 1.165) is 0 Å². The zero-order valence-corrected chi connectivity index (χ0v) is 4.78. The van der Waals surface area contributed by atoms with Crippen LogP contribution in [0.15, 0.2) is 5.29 Å². The fraction of sp³-hybridized carbons (Fsp3) is 0.667. The third kappa shape index (κ3) is 2.60. The Hall–Kier alpha value is -1.17. The van der Waals surface area contributed by atoms with Gasteiger partial charge in [-0.05, 0) is 0 Å². The summed E-state index contributed by atoms with van der Waals surface area (Å²) in [4.78, 5) is 19.8. The third-order valence-electron chi connectivity index (χ3n) is 0.694. The molecule has 4 N–H and O–H groups in total. The van der Waals surface area contributed by atoms with E-state index in [0.29, 0.717) is 5.01 Å². The fourth-order valence-electron chi connectivity index (χ4n) is 0.314. The number of carbonyl (C=O) groups is 1. The van der Waals surface area contributed by atoms with Crippen molar-refractivity contribution in [2.75, 3.05) is 13.1 Å². The predicted octanol–water partition coefficient (Wildman–Crippen LogP) is -0.993. The van der Waals surface area contributed by atoms with E-state index in [1.54, 1.807) is 0 Å². The number of rotatable bonds is 3. The van der Waals surface area contributed by atoms with Crippen LogP contribution in [0.4, 0.5) is 4.79 Å². The lowest BCUT2D eigenvalue weighted by Gasteiger charge is -2.06. The van der Waals surface area contributed by atoms with Crippen molar-refractivity contribution in [1.29, 1.82) is 0 Å². The summed E-state index contributed by atoms with van der Waals surface area (Å²) in [5, 5.41) is 2.86. The van der Waals surface area contributed by atoms with E-state index in [1.807, 2.05) is 0 Å². The van der Waals surface area contributed by atoms with Crippen LogP contribution in [0.25, 0.3) is 0 Å². The van der Waals surface area contributed by atoms with E-state index >= 15 is 0 Å². The molecule has 0 spiro atoms. The maximum Gasteiger partial charge on any atom is 0.337 e. The lowest BCUT2D eigenvalue weighted by molar-refractivity contribution is 0.210. The van der Waals surface area contributed by atoms with Crippen molar-refractivity contribution in [3.63, 3.8) is 0 Å². The SMILES string of the molecule is NCCN(N=O)C(N)=O. The maximum absolute atomic E-state index is 10.1. The molecule has 0 fully saturated rings. The highest BCUT2D eigenvalue weighted by atomic mass is 16.3. The van der Waals surface area contributed by atoms with Gasteiger partial charge in [-0.3, -0.25) is 0 Å². The number of amides is 2. The van der Waals surface area contributed by atoms with Gasteiger partial charge in [-0.1, -0.05) is 0 Å². The molecule has 52 valence electrons. The Morgan fingerprint density at radius 2 is 2.22 bits per heavy atom. The second kappa shape index (κ2) is 3.79. The van der Waals surface area contributed by atoms with Crippen LogP contribution >= 0.6 is 0 Å². The van der Waals surface area contributed by atoms with E-state index in [2.05, 4.69) is 11.0 Å². The maximum atomic E-state index is 10.1. The summed E-state index contributed by atoms with van der Waals surface area (Å²) >= 11 is 0. The molecule has 2 amide bonds. The molecule has 0 heterocycles. The quantitative estimate of drug-likeness (QED) is 0.380. The standard InChI is InChI=1S/C3H8N4O2/c4-1-2-7(6-9)3(5)8/h1-2,4H2,(H2,5,8). The Morgan fingerprint density at radius 1 is 1.67 bits per heavy atom. The average molecular weight is 132 g/mol. The molecule has 0 saturated heterocycles. The Morgan fingerprint density at radius 3 is 2.33 bits per heavy atom.